The summed E-state index contributed by atoms with van der Waals surface area (Å²) in [6, 6.07) is 5.19. The van der Waals surface area contributed by atoms with Crippen LogP contribution < -0.4 is 0 Å². The Morgan fingerprint density at radius 3 is 2.83 bits per heavy atom. The topological polar surface area (TPSA) is 44.0 Å². The van der Waals surface area contributed by atoms with E-state index in [9.17, 15) is 4.39 Å². The van der Waals surface area contributed by atoms with Crippen LogP contribution in [-0.4, -0.2) is 5.11 Å². The maximum Gasteiger partial charge on any atom is 0.168 e. The first kappa shape index (κ1) is 8.98. The molecule has 1 aromatic carbocycles. The summed E-state index contributed by atoms with van der Waals surface area (Å²) >= 11 is 5.53. The number of benzene rings is 1. The number of nitriles is 1. The number of aliphatic hydroxyl groups excluding tert-OH is 1. The zero-order valence-corrected chi connectivity index (χ0v) is 6.72. The van der Waals surface area contributed by atoms with Crippen molar-refractivity contribution in [1.82, 2.24) is 0 Å². The highest BCUT2D eigenvalue weighted by molar-refractivity contribution is 6.30. The van der Waals surface area contributed by atoms with Crippen LogP contribution in [0.15, 0.2) is 18.2 Å². The van der Waals surface area contributed by atoms with Crippen molar-refractivity contribution in [2.24, 2.45) is 0 Å². The molecule has 0 heterocycles. The van der Waals surface area contributed by atoms with Gasteiger partial charge < -0.3 is 5.11 Å². The van der Waals surface area contributed by atoms with E-state index in [1.807, 2.05) is 0 Å². The zero-order chi connectivity index (χ0) is 9.14. The maximum absolute atomic E-state index is 12.8. The highest BCUT2D eigenvalue weighted by atomic mass is 35.5. The summed E-state index contributed by atoms with van der Waals surface area (Å²) in [6.45, 7) is 0. The van der Waals surface area contributed by atoms with Crippen LogP contribution in [0.2, 0.25) is 5.02 Å². The molecule has 2 nitrogen and oxygen atoms in total. The van der Waals surface area contributed by atoms with Crippen LogP contribution >= 0.6 is 11.6 Å². The second-order valence-electron chi connectivity index (χ2n) is 2.20. The molecule has 1 rings (SSSR count). The lowest BCUT2D eigenvalue weighted by Gasteiger charge is -2.03. The molecule has 0 saturated heterocycles. The molecule has 0 radical (unpaired) electrons. The van der Waals surface area contributed by atoms with E-state index >= 15 is 0 Å². The molecule has 1 unspecified atom stereocenters. The van der Waals surface area contributed by atoms with Gasteiger partial charge in [0.25, 0.3) is 0 Å². The molecule has 0 aromatic heterocycles. The molecular formula is C8H5ClFNO. The van der Waals surface area contributed by atoms with Gasteiger partial charge >= 0.3 is 0 Å². The van der Waals surface area contributed by atoms with Crippen molar-refractivity contribution in [2.45, 2.75) is 6.10 Å². The van der Waals surface area contributed by atoms with Crippen molar-refractivity contribution < 1.29 is 9.50 Å². The van der Waals surface area contributed by atoms with Gasteiger partial charge in [-0.25, -0.2) is 4.39 Å². The standard InChI is InChI=1S/C8H5ClFNO/c9-5-1-2-7(10)6(3-5)8(12)4-11/h1-3,8,12H. The Bertz CT molecular complexity index is 334. The Morgan fingerprint density at radius 2 is 2.25 bits per heavy atom. The summed E-state index contributed by atoms with van der Waals surface area (Å²) < 4.78 is 12.8. The average molecular weight is 186 g/mol. The van der Waals surface area contributed by atoms with Crippen molar-refractivity contribution in [3.8, 4) is 6.07 Å². The van der Waals surface area contributed by atoms with Crippen molar-refractivity contribution in [3.63, 3.8) is 0 Å². The van der Waals surface area contributed by atoms with Gasteiger partial charge in [-0.3, -0.25) is 0 Å². The second kappa shape index (κ2) is 3.53. The molecule has 0 bridgehead atoms. The number of aliphatic hydroxyl groups is 1. The zero-order valence-electron chi connectivity index (χ0n) is 5.96. The molecule has 0 aliphatic carbocycles. The maximum atomic E-state index is 12.8. The fraction of sp³-hybridized carbons (Fsp3) is 0.125. The summed E-state index contributed by atoms with van der Waals surface area (Å²) in [5, 5.41) is 17.6. The van der Waals surface area contributed by atoms with E-state index in [1.54, 1.807) is 0 Å². The minimum absolute atomic E-state index is 0.0926. The molecular weight excluding hydrogens is 181 g/mol. The lowest BCUT2D eigenvalue weighted by Crippen LogP contribution is -1.96. The van der Waals surface area contributed by atoms with Crippen LogP contribution in [0, 0.1) is 17.1 Å². The number of hydrogen-bond donors (Lipinski definition) is 1. The van der Waals surface area contributed by atoms with Crippen molar-refractivity contribution in [1.29, 1.82) is 5.26 Å². The first-order valence-electron chi connectivity index (χ1n) is 3.18. The normalized spacial score (nSPS) is 12.2. The van der Waals surface area contributed by atoms with Crippen LogP contribution in [0.4, 0.5) is 4.39 Å². The molecule has 0 saturated carbocycles. The second-order valence-corrected chi connectivity index (χ2v) is 2.63. The molecule has 0 aliphatic heterocycles. The fourth-order valence-corrected chi connectivity index (χ4v) is 0.974. The van der Waals surface area contributed by atoms with Gasteiger partial charge in [0.2, 0.25) is 0 Å². The van der Waals surface area contributed by atoms with Gasteiger partial charge in [0.15, 0.2) is 6.10 Å². The molecule has 12 heavy (non-hydrogen) atoms. The molecule has 0 fully saturated rings. The van der Waals surface area contributed by atoms with E-state index in [0.29, 0.717) is 5.02 Å². The van der Waals surface area contributed by atoms with E-state index < -0.39 is 11.9 Å². The number of rotatable bonds is 1. The van der Waals surface area contributed by atoms with E-state index in [-0.39, 0.29) is 5.56 Å². The van der Waals surface area contributed by atoms with Gasteiger partial charge in [-0.15, -0.1) is 0 Å². The van der Waals surface area contributed by atoms with Gasteiger partial charge in [-0.2, -0.15) is 5.26 Å². The average Bonchev–Trinajstić information content (AvgIpc) is 2.08. The van der Waals surface area contributed by atoms with E-state index in [1.165, 1.54) is 18.2 Å². The molecule has 0 aliphatic rings. The molecule has 0 amide bonds. The van der Waals surface area contributed by atoms with E-state index in [4.69, 9.17) is 22.0 Å². The van der Waals surface area contributed by atoms with Crippen molar-refractivity contribution in [2.75, 3.05) is 0 Å². The third kappa shape index (κ3) is 1.73. The Kier molecular flexibility index (Phi) is 2.64. The van der Waals surface area contributed by atoms with Crippen molar-refractivity contribution in [3.05, 3.63) is 34.6 Å². The molecule has 4 heteroatoms. The molecule has 1 N–H and O–H groups in total. The van der Waals surface area contributed by atoms with E-state index in [2.05, 4.69) is 0 Å². The summed E-state index contributed by atoms with van der Waals surface area (Å²) in [4.78, 5) is 0. The highest BCUT2D eigenvalue weighted by Gasteiger charge is 2.11. The lowest BCUT2D eigenvalue weighted by molar-refractivity contribution is 0.230. The summed E-state index contributed by atoms with van der Waals surface area (Å²) in [6.07, 6.45) is -1.45. The summed E-state index contributed by atoms with van der Waals surface area (Å²) in [7, 11) is 0. The van der Waals surface area contributed by atoms with Crippen molar-refractivity contribution >= 4 is 11.6 Å². The monoisotopic (exact) mass is 185 g/mol. The van der Waals surface area contributed by atoms with Crippen LogP contribution in [0.25, 0.3) is 0 Å². The van der Waals surface area contributed by atoms with Gasteiger partial charge in [-0.1, -0.05) is 11.6 Å². The Hall–Kier alpha value is -1.11. The van der Waals surface area contributed by atoms with Crippen LogP contribution in [-0.2, 0) is 0 Å². The van der Waals surface area contributed by atoms with Crippen LogP contribution in [0.1, 0.15) is 11.7 Å². The Labute approximate surface area is 73.8 Å². The van der Waals surface area contributed by atoms with Gasteiger partial charge in [0, 0.05) is 10.6 Å². The van der Waals surface area contributed by atoms with Crippen LogP contribution in [0.3, 0.4) is 0 Å². The minimum Gasteiger partial charge on any atom is -0.374 e. The Balaban J connectivity index is 3.15. The van der Waals surface area contributed by atoms with Crippen LogP contribution in [0.5, 0.6) is 0 Å². The first-order valence-corrected chi connectivity index (χ1v) is 3.55. The number of hydrogen-bond acceptors (Lipinski definition) is 2. The summed E-state index contributed by atoms with van der Waals surface area (Å²) in [5.41, 5.74) is -0.0926. The molecule has 1 atom stereocenters. The number of halogens is 2. The predicted molar refractivity (Wildman–Crippen MR) is 42.0 cm³/mol. The smallest absolute Gasteiger partial charge is 0.168 e. The molecule has 0 spiro atoms. The first-order chi connectivity index (χ1) is 5.65. The lowest BCUT2D eigenvalue weighted by atomic mass is 10.1. The summed E-state index contributed by atoms with van der Waals surface area (Å²) in [5.74, 6) is -0.631. The van der Waals surface area contributed by atoms with Gasteiger partial charge in [0.05, 0.1) is 6.07 Å². The van der Waals surface area contributed by atoms with Gasteiger partial charge in [-0.05, 0) is 18.2 Å². The third-order valence-electron chi connectivity index (χ3n) is 1.37. The minimum atomic E-state index is -1.45. The van der Waals surface area contributed by atoms with E-state index in [0.717, 1.165) is 6.07 Å². The molecule has 1 aromatic rings. The SMILES string of the molecule is N#CC(O)c1cc(Cl)ccc1F. The van der Waals surface area contributed by atoms with Gasteiger partial charge in [0.1, 0.15) is 5.82 Å². The highest BCUT2D eigenvalue weighted by Crippen LogP contribution is 2.20. The molecule has 62 valence electrons. The predicted octanol–water partition coefficient (Wildman–Crippen LogP) is 2.04. The fourth-order valence-electron chi connectivity index (χ4n) is 0.794. The largest absolute Gasteiger partial charge is 0.374 e. The third-order valence-corrected chi connectivity index (χ3v) is 1.61. The quantitative estimate of drug-likeness (QED) is 0.681. The number of nitrogens with zero attached hydrogens (tertiary/aromatic N) is 1. The Morgan fingerprint density at radius 1 is 1.58 bits per heavy atom.